The van der Waals surface area contributed by atoms with E-state index in [1.807, 2.05) is 36.4 Å². The highest BCUT2D eigenvalue weighted by Crippen LogP contribution is 2.27. The van der Waals surface area contributed by atoms with Gasteiger partial charge >= 0.3 is 0 Å². The maximum atomic E-state index is 5.32. The first kappa shape index (κ1) is 18.9. The van der Waals surface area contributed by atoms with Crippen LogP contribution in [0.3, 0.4) is 0 Å². The summed E-state index contributed by atoms with van der Waals surface area (Å²) in [5, 5.41) is 6.98. The van der Waals surface area contributed by atoms with E-state index in [2.05, 4.69) is 16.7 Å². The second-order valence-electron chi connectivity index (χ2n) is 5.40. The Morgan fingerprint density at radius 2 is 1.64 bits per heavy atom. The van der Waals surface area contributed by atoms with Crippen molar-refractivity contribution in [2.75, 3.05) is 33.2 Å². The number of aryl methyl sites for hydroxylation is 1. The molecule has 2 aromatic rings. The van der Waals surface area contributed by atoms with Gasteiger partial charge in [0.15, 0.2) is 16.6 Å². The van der Waals surface area contributed by atoms with Crippen molar-refractivity contribution in [1.82, 2.24) is 5.32 Å². The molecule has 5 nitrogen and oxygen atoms in total. The number of nitrogens with one attached hydrogen (secondary N) is 2. The lowest BCUT2D eigenvalue weighted by Gasteiger charge is -2.12. The number of anilines is 1. The molecule has 0 saturated carbocycles. The number of hydrogen-bond donors (Lipinski definition) is 2. The molecular weight excluding hydrogens is 336 g/mol. The van der Waals surface area contributed by atoms with Crippen molar-refractivity contribution < 1.29 is 14.2 Å². The summed E-state index contributed by atoms with van der Waals surface area (Å²) in [5.41, 5.74) is 2.13. The smallest absolute Gasteiger partial charge is 0.170 e. The lowest BCUT2D eigenvalue weighted by molar-refractivity contribution is 0.354. The summed E-state index contributed by atoms with van der Waals surface area (Å²) in [6, 6.07) is 13.6. The van der Waals surface area contributed by atoms with Gasteiger partial charge in [-0.3, -0.25) is 0 Å². The van der Waals surface area contributed by atoms with Gasteiger partial charge in [-0.15, -0.1) is 0 Å². The molecule has 2 N–H and O–H groups in total. The fourth-order valence-electron chi connectivity index (χ4n) is 2.38. The van der Waals surface area contributed by atoms with E-state index in [9.17, 15) is 0 Å². The molecule has 0 spiro atoms. The third kappa shape index (κ3) is 5.83. The molecule has 0 atom stereocenters. The molecule has 25 heavy (non-hydrogen) atoms. The summed E-state index contributed by atoms with van der Waals surface area (Å²) in [6.45, 7) is 0.788. The van der Waals surface area contributed by atoms with Crippen LogP contribution in [0, 0.1) is 0 Å². The summed E-state index contributed by atoms with van der Waals surface area (Å²) in [5.74, 6) is 2.32. The van der Waals surface area contributed by atoms with Crippen molar-refractivity contribution >= 4 is 23.0 Å². The molecule has 0 fully saturated rings. The lowest BCUT2D eigenvalue weighted by atomic mass is 10.1. The quantitative estimate of drug-likeness (QED) is 0.554. The molecule has 0 bridgehead atoms. The monoisotopic (exact) mass is 360 g/mol. The zero-order valence-corrected chi connectivity index (χ0v) is 15.6. The first-order valence-corrected chi connectivity index (χ1v) is 8.47. The molecule has 0 aliphatic carbocycles. The standard InChI is InChI=1S/C19H24N2O3S/c1-22-16-9-7-15(8-10-16)21-19(25)20-12-4-5-14-6-11-17(23-2)18(13-14)24-3/h6-11,13H,4-5,12H2,1-3H3,(H2,20,21,25). The zero-order valence-electron chi connectivity index (χ0n) is 14.8. The van der Waals surface area contributed by atoms with Crippen molar-refractivity contribution in [1.29, 1.82) is 0 Å². The lowest BCUT2D eigenvalue weighted by Crippen LogP contribution is -2.29. The highest BCUT2D eigenvalue weighted by Gasteiger charge is 2.04. The van der Waals surface area contributed by atoms with E-state index in [4.69, 9.17) is 26.4 Å². The van der Waals surface area contributed by atoms with Crippen LogP contribution in [-0.2, 0) is 6.42 Å². The van der Waals surface area contributed by atoms with E-state index in [0.717, 1.165) is 42.3 Å². The molecule has 0 heterocycles. The van der Waals surface area contributed by atoms with Crippen LogP contribution in [0.5, 0.6) is 17.2 Å². The van der Waals surface area contributed by atoms with Crippen LogP contribution < -0.4 is 24.8 Å². The first-order chi connectivity index (χ1) is 12.2. The Morgan fingerprint density at radius 1 is 0.920 bits per heavy atom. The van der Waals surface area contributed by atoms with Crippen molar-refractivity contribution in [2.45, 2.75) is 12.8 Å². The Bertz CT molecular complexity index is 690. The van der Waals surface area contributed by atoms with Gasteiger partial charge in [0.2, 0.25) is 0 Å². The second-order valence-corrected chi connectivity index (χ2v) is 5.81. The Kier molecular flexibility index (Phi) is 7.35. The zero-order chi connectivity index (χ0) is 18.1. The highest BCUT2D eigenvalue weighted by atomic mass is 32.1. The maximum absolute atomic E-state index is 5.32. The van der Waals surface area contributed by atoms with Gasteiger partial charge in [-0.25, -0.2) is 0 Å². The second kappa shape index (κ2) is 9.74. The number of rotatable bonds is 8. The van der Waals surface area contributed by atoms with Crippen LogP contribution in [-0.4, -0.2) is 33.0 Å². The fraction of sp³-hybridized carbons (Fsp3) is 0.316. The number of methoxy groups -OCH3 is 3. The van der Waals surface area contributed by atoms with Gasteiger partial charge in [-0.2, -0.15) is 0 Å². The van der Waals surface area contributed by atoms with Gasteiger partial charge < -0.3 is 24.8 Å². The van der Waals surface area contributed by atoms with E-state index in [1.165, 1.54) is 5.56 Å². The van der Waals surface area contributed by atoms with E-state index >= 15 is 0 Å². The summed E-state index contributed by atoms with van der Waals surface area (Å²) in [6.07, 6.45) is 1.89. The van der Waals surface area contributed by atoms with Gasteiger partial charge in [0.1, 0.15) is 5.75 Å². The normalized spacial score (nSPS) is 10.0. The largest absolute Gasteiger partial charge is 0.497 e. The van der Waals surface area contributed by atoms with Gasteiger partial charge in [0.05, 0.1) is 21.3 Å². The molecule has 2 aromatic carbocycles. The predicted molar refractivity (Wildman–Crippen MR) is 105 cm³/mol. The maximum Gasteiger partial charge on any atom is 0.170 e. The number of ether oxygens (including phenoxy) is 3. The van der Waals surface area contributed by atoms with Crippen molar-refractivity contribution in [3.05, 3.63) is 48.0 Å². The van der Waals surface area contributed by atoms with E-state index in [-0.39, 0.29) is 0 Å². The minimum atomic E-state index is 0.609. The van der Waals surface area contributed by atoms with E-state index in [1.54, 1.807) is 21.3 Å². The Labute approximate surface area is 154 Å². The minimum Gasteiger partial charge on any atom is -0.497 e. The number of hydrogen-bond acceptors (Lipinski definition) is 4. The third-order valence-corrected chi connectivity index (χ3v) is 3.97. The van der Waals surface area contributed by atoms with Crippen LogP contribution in [0.2, 0.25) is 0 Å². The van der Waals surface area contributed by atoms with Crippen molar-refractivity contribution in [3.8, 4) is 17.2 Å². The Hall–Kier alpha value is -2.47. The molecule has 0 unspecified atom stereocenters. The van der Waals surface area contributed by atoms with Crippen LogP contribution in [0.25, 0.3) is 0 Å². The fourth-order valence-corrected chi connectivity index (χ4v) is 2.60. The summed E-state index contributed by atoms with van der Waals surface area (Å²) < 4.78 is 15.7. The molecule has 0 aliphatic rings. The molecule has 0 aromatic heterocycles. The molecule has 2 rings (SSSR count). The first-order valence-electron chi connectivity index (χ1n) is 8.06. The SMILES string of the molecule is COc1ccc(NC(=S)NCCCc2ccc(OC)c(OC)c2)cc1. The summed E-state index contributed by atoms with van der Waals surface area (Å²) in [4.78, 5) is 0. The van der Waals surface area contributed by atoms with Gasteiger partial charge in [-0.1, -0.05) is 6.07 Å². The van der Waals surface area contributed by atoms with Crippen molar-refractivity contribution in [3.63, 3.8) is 0 Å². The highest BCUT2D eigenvalue weighted by molar-refractivity contribution is 7.80. The van der Waals surface area contributed by atoms with Crippen LogP contribution >= 0.6 is 12.2 Å². The topological polar surface area (TPSA) is 51.8 Å². The Balaban J connectivity index is 1.74. The van der Waals surface area contributed by atoms with Gasteiger partial charge in [-0.05, 0) is 67.0 Å². The molecule has 0 radical (unpaired) electrons. The van der Waals surface area contributed by atoms with Crippen LogP contribution in [0.4, 0.5) is 5.69 Å². The summed E-state index contributed by atoms with van der Waals surface area (Å²) >= 11 is 5.31. The Morgan fingerprint density at radius 3 is 2.28 bits per heavy atom. The number of thiocarbonyl (C=S) groups is 1. The van der Waals surface area contributed by atoms with Crippen LogP contribution in [0.1, 0.15) is 12.0 Å². The summed E-state index contributed by atoms with van der Waals surface area (Å²) in [7, 11) is 4.93. The van der Waals surface area contributed by atoms with E-state index < -0.39 is 0 Å². The average Bonchev–Trinajstić information content (AvgIpc) is 2.65. The number of benzene rings is 2. The predicted octanol–water partition coefficient (Wildman–Crippen LogP) is 3.63. The third-order valence-electron chi connectivity index (χ3n) is 3.72. The molecule has 6 heteroatoms. The minimum absolute atomic E-state index is 0.609. The molecule has 0 amide bonds. The average molecular weight is 360 g/mol. The molecular formula is C19H24N2O3S. The van der Waals surface area contributed by atoms with E-state index in [0.29, 0.717) is 5.11 Å². The molecule has 0 saturated heterocycles. The molecule has 0 aliphatic heterocycles. The van der Waals surface area contributed by atoms with Crippen LogP contribution in [0.15, 0.2) is 42.5 Å². The van der Waals surface area contributed by atoms with Crippen molar-refractivity contribution in [2.24, 2.45) is 0 Å². The van der Waals surface area contributed by atoms with Gasteiger partial charge in [0, 0.05) is 12.2 Å². The van der Waals surface area contributed by atoms with Gasteiger partial charge in [0.25, 0.3) is 0 Å². The molecule has 134 valence electrons.